The predicted octanol–water partition coefficient (Wildman–Crippen LogP) is 3.36. The lowest BCUT2D eigenvalue weighted by atomic mass is 9.99. The van der Waals surface area contributed by atoms with Crippen LogP contribution in [-0.4, -0.2) is 42.3 Å². The molecule has 1 aromatic carbocycles. The second kappa shape index (κ2) is 10.2. The zero-order valence-electron chi connectivity index (χ0n) is 17.5. The number of nitrogens with one attached hydrogen (secondary N) is 2. The van der Waals surface area contributed by atoms with Gasteiger partial charge in [-0.1, -0.05) is 20.8 Å². The van der Waals surface area contributed by atoms with E-state index in [1.165, 1.54) is 0 Å². The summed E-state index contributed by atoms with van der Waals surface area (Å²) in [7, 11) is 0. The highest BCUT2D eigenvalue weighted by Gasteiger charge is 2.22. The fraction of sp³-hybridized carbons (Fsp3) is 0.591. The van der Waals surface area contributed by atoms with E-state index in [2.05, 4.69) is 31.4 Å². The number of carbonyl (C=O) groups is 3. The standard InChI is InChI=1S/C22H33N3O3/c1-15(2)7-5-11-23-20(26)21(27)24-19-10-9-18(13-17(19)4)22(28)25-12-6-8-16(3)14-25/h9-10,13,15-16H,5-8,11-12,14H2,1-4H3,(H,23,26)(H,24,27). The lowest BCUT2D eigenvalue weighted by Crippen LogP contribution is -2.39. The van der Waals surface area contributed by atoms with E-state index in [-0.39, 0.29) is 5.91 Å². The molecule has 1 aliphatic rings. The van der Waals surface area contributed by atoms with Crippen molar-refractivity contribution in [1.82, 2.24) is 10.2 Å². The monoisotopic (exact) mass is 387 g/mol. The Bertz CT molecular complexity index is 715. The molecule has 0 radical (unpaired) electrons. The third-order valence-corrected chi connectivity index (χ3v) is 5.12. The molecule has 0 bridgehead atoms. The number of rotatable bonds is 6. The van der Waals surface area contributed by atoms with Crippen LogP contribution in [0.3, 0.4) is 0 Å². The normalized spacial score (nSPS) is 16.8. The van der Waals surface area contributed by atoms with Crippen molar-refractivity contribution in [2.75, 3.05) is 25.0 Å². The molecule has 1 aromatic rings. The summed E-state index contributed by atoms with van der Waals surface area (Å²) in [5.41, 5.74) is 1.92. The number of amides is 3. The topological polar surface area (TPSA) is 78.5 Å². The Morgan fingerprint density at radius 1 is 1.21 bits per heavy atom. The fourth-order valence-corrected chi connectivity index (χ4v) is 3.46. The minimum atomic E-state index is -0.684. The molecule has 2 N–H and O–H groups in total. The van der Waals surface area contributed by atoms with Crippen LogP contribution in [0.5, 0.6) is 0 Å². The third-order valence-electron chi connectivity index (χ3n) is 5.12. The van der Waals surface area contributed by atoms with Crippen molar-refractivity contribution in [2.45, 2.75) is 53.4 Å². The SMILES string of the molecule is Cc1cc(C(=O)N2CCCC(C)C2)ccc1NC(=O)C(=O)NCCCC(C)C. The van der Waals surface area contributed by atoms with Crippen LogP contribution in [0.25, 0.3) is 0 Å². The highest BCUT2D eigenvalue weighted by molar-refractivity contribution is 6.39. The van der Waals surface area contributed by atoms with Crippen molar-refractivity contribution in [2.24, 2.45) is 11.8 Å². The molecule has 0 aromatic heterocycles. The van der Waals surface area contributed by atoms with Crippen molar-refractivity contribution in [3.63, 3.8) is 0 Å². The predicted molar refractivity (Wildman–Crippen MR) is 111 cm³/mol. The van der Waals surface area contributed by atoms with E-state index in [9.17, 15) is 14.4 Å². The first-order valence-corrected chi connectivity index (χ1v) is 10.3. The smallest absolute Gasteiger partial charge is 0.313 e. The van der Waals surface area contributed by atoms with Gasteiger partial charge in [0.15, 0.2) is 0 Å². The molecule has 1 unspecified atom stereocenters. The third kappa shape index (κ3) is 6.36. The highest BCUT2D eigenvalue weighted by Crippen LogP contribution is 2.21. The molecule has 3 amide bonds. The zero-order chi connectivity index (χ0) is 20.7. The number of piperidine rings is 1. The summed E-state index contributed by atoms with van der Waals surface area (Å²) in [6.45, 7) is 10.3. The van der Waals surface area contributed by atoms with Gasteiger partial charge >= 0.3 is 11.8 Å². The minimum Gasteiger partial charge on any atom is -0.348 e. The number of benzene rings is 1. The van der Waals surface area contributed by atoms with Gasteiger partial charge in [-0.15, -0.1) is 0 Å². The van der Waals surface area contributed by atoms with E-state index >= 15 is 0 Å². The quantitative estimate of drug-likeness (QED) is 0.580. The molecule has 1 fully saturated rings. The number of aryl methyl sites for hydroxylation is 1. The van der Waals surface area contributed by atoms with Crippen molar-refractivity contribution >= 4 is 23.4 Å². The second-order valence-electron chi connectivity index (χ2n) is 8.27. The van der Waals surface area contributed by atoms with Gasteiger partial charge in [-0.05, 0) is 68.2 Å². The summed E-state index contributed by atoms with van der Waals surface area (Å²) in [6.07, 6.45) is 4.05. The van der Waals surface area contributed by atoms with Crippen LogP contribution in [0.4, 0.5) is 5.69 Å². The van der Waals surface area contributed by atoms with Crippen LogP contribution < -0.4 is 10.6 Å². The van der Waals surface area contributed by atoms with Crippen LogP contribution in [0, 0.1) is 18.8 Å². The average Bonchev–Trinajstić information content (AvgIpc) is 2.65. The lowest BCUT2D eigenvalue weighted by Gasteiger charge is -2.31. The number of hydrogen-bond donors (Lipinski definition) is 2. The number of likely N-dealkylation sites (tertiary alicyclic amines) is 1. The molecular formula is C22H33N3O3. The molecular weight excluding hydrogens is 354 g/mol. The molecule has 1 aliphatic heterocycles. The summed E-state index contributed by atoms with van der Waals surface area (Å²) in [6, 6.07) is 5.18. The maximum atomic E-state index is 12.7. The van der Waals surface area contributed by atoms with E-state index in [0.717, 1.165) is 44.3 Å². The molecule has 154 valence electrons. The first-order valence-electron chi connectivity index (χ1n) is 10.3. The Balaban J connectivity index is 1.91. The van der Waals surface area contributed by atoms with Crippen LogP contribution >= 0.6 is 0 Å². The Kier molecular flexibility index (Phi) is 8.03. The summed E-state index contributed by atoms with van der Waals surface area (Å²) >= 11 is 0. The van der Waals surface area contributed by atoms with Gasteiger partial charge in [0.05, 0.1) is 0 Å². The first-order chi connectivity index (χ1) is 13.3. The maximum absolute atomic E-state index is 12.7. The van der Waals surface area contributed by atoms with Gasteiger partial charge in [0, 0.05) is 30.9 Å². The average molecular weight is 388 g/mol. The number of hydrogen-bond acceptors (Lipinski definition) is 3. The highest BCUT2D eigenvalue weighted by atomic mass is 16.2. The summed E-state index contributed by atoms with van der Waals surface area (Å²) in [5, 5.41) is 5.28. The van der Waals surface area contributed by atoms with Crippen molar-refractivity contribution < 1.29 is 14.4 Å². The van der Waals surface area contributed by atoms with Crippen LogP contribution in [-0.2, 0) is 9.59 Å². The summed E-state index contributed by atoms with van der Waals surface area (Å²) in [4.78, 5) is 38.6. The Labute approximate surface area is 168 Å². The minimum absolute atomic E-state index is 0.0235. The molecule has 6 heteroatoms. The summed E-state index contributed by atoms with van der Waals surface area (Å²) < 4.78 is 0. The van der Waals surface area contributed by atoms with Crippen molar-refractivity contribution in [1.29, 1.82) is 0 Å². The molecule has 1 heterocycles. The number of anilines is 1. The van der Waals surface area contributed by atoms with Gasteiger partial charge < -0.3 is 15.5 Å². The molecule has 0 saturated carbocycles. The lowest BCUT2D eigenvalue weighted by molar-refractivity contribution is -0.136. The van der Waals surface area contributed by atoms with Gasteiger partial charge in [-0.2, -0.15) is 0 Å². The Morgan fingerprint density at radius 3 is 2.61 bits per heavy atom. The molecule has 1 atom stereocenters. The van der Waals surface area contributed by atoms with Gasteiger partial charge in [0.2, 0.25) is 0 Å². The van der Waals surface area contributed by atoms with Gasteiger partial charge in [-0.25, -0.2) is 0 Å². The van der Waals surface area contributed by atoms with Crippen molar-refractivity contribution in [3.8, 4) is 0 Å². The Morgan fingerprint density at radius 2 is 1.96 bits per heavy atom. The molecule has 1 saturated heterocycles. The second-order valence-corrected chi connectivity index (χ2v) is 8.27. The van der Waals surface area contributed by atoms with Gasteiger partial charge in [-0.3, -0.25) is 14.4 Å². The van der Waals surface area contributed by atoms with Crippen LogP contribution in [0.15, 0.2) is 18.2 Å². The molecule has 28 heavy (non-hydrogen) atoms. The van der Waals surface area contributed by atoms with Crippen molar-refractivity contribution in [3.05, 3.63) is 29.3 Å². The van der Waals surface area contributed by atoms with E-state index in [1.807, 2.05) is 11.8 Å². The molecule has 0 spiro atoms. The zero-order valence-corrected chi connectivity index (χ0v) is 17.5. The summed E-state index contributed by atoms with van der Waals surface area (Å²) in [5.74, 6) is -0.197. The first kappa shape index (κ1) is 21.9. The van der Waals surface area contributed by atoms with E-state index in [1.54, 1.807) is 18.2 Å². The molecule has 2 rings (SSSR count). The van der Waals surface area contributed by atoms with Gasteiger partial charge in [0.1, 0.15) is 0 Å². The maximum Gasteiger partial charge on any atom is 0.313 e. The fourth-order valence-electron chi connectivity index (χ4n) is 3.46. The Hall–Kier alpha value is -2.37. The molecule has 6 nitrogen and oxygen atoms in total. The number of nitrogens with zero attached hydrogens (tertiary/aromatic N) is 1. The van der Waals surface area contributed by atoms with E-state index in [0.29, 0.717) is 29.6 Å². The van der Waals surface area contributed by atoms with Crippen LogP contribution in [0.1, 0.15) is 62.4 Å². The molecule has 0 aliphatic carbocycles. The largest absolute Gasteiger partial charge is 0.348 e. The number of carbonyl (C=O) groups excluding carboxylic acids is 3. The van der Waals surface area contributed by atoms with Gasteiger partial charge in [0.25, 0.3) is 5.91 Å². The van der Waals surface area contributed by atoms with E-state index < -0.39 is 11.8 Å². The van der Waals surface area contributed by atoms with Crippen LogP contribution in [0.2, 0.25) is 0 Å². The van der Waals surface area contributed by atoms with E-state index in [4.69, 9.17) is 0 Å².